The van der Waals surface area contributed by atoms with Crippen LogP contribution in [-0.2, 0) is 53.4 Å². The maximum atomic E-state index is 5.44. The molecule has 2 heterocycles. The zero-order valence-electron chi connectivity index (χ0n) is 22.3. The summed E-state index contributed by atoms with van der Waals surface area (Å²) < 4.78 is 8.35. The number of imidazole rings is 2. The Morgan fingerprint density at radius 1 is 0.611 bits per heavy atom. The molecule has 0 spiro atoms. The average Bonchev–Trinajstić information content (AvgIpc) is 3.18. The first-order chi connectivity index (χ1) is 17.0. The number of hydrogen-bond donors (Lipinski definition) is 0. The number of benzene rings is 2. The van der Waals surface area contributed by atoms with Crippen LogP contribution < -0.4 is 9.13 Å². The van der Waals surface area contributed by atoms with Gasteiger partial charge in [0.25, 0.3) is 11.6 Å². The minimum atomic E-state index is 0.613. The van der Waals surface area contributed by atoms with Gasteiger partial charge in [0.15, 0.2) is 0 Å². The molecule has 2 aromatic carbocycles. The second-order valence-electron chi connectivity index (χ2n) is 8.73. The van der Waals surface area contributed by atoms with Crippen LogP contribution >= 0.6 is 0 Å². The van der Waals surface area contributed by atoms with Gasteiger partial charge in [-0.25, -0.2) is 18.3 Å². The van der Waals surface area contributed by atoms with E-state index in [0.29, 0.717) is 10.1 Å². The highest BCUT2D eigenvalue weighted by atomic mass is 32.1. The molecule has 0 aliphatic heterocycles. The van der Waals surface area contributed by atoms with Crippen molar-refractivity contribution in [1.29, 1.82) is 0 Å². The minimum Gasteiger partial charge on any atom is -0.752 e. The third-order valence-corrected chi connectivity index (χ3v) is 7.23. The highest BCUT2D eigenvalue weighted by molar-refractivity contribution is 7.78. The van der Waals surface area contributed by atoms with E-state index in [0.717, 1.165) is 23.0 Å². The molecule has 0 N–H and O–H groups in total. The fraction of sp³-hybridized carbons (Fsp3) is 0.286. The maximum absolute atomic E-state index is 5.44. The molecule has 2 aromatic heterocycles. The molecule has 0 fully saturated rings. The Labute approximate surface area is 225 Å². The lowest BCUT2D eigenvalue weighted by molar-refractivity contribution is -0.678. The van der Waals surface area contributed by atoms with E-state index in [4.69, 9.17) is 25.3 Å². The normalized spacial score (nSPS) is 11.9. The summed E-state index contributed by atoms with van der Waals surface area (Å²) in [6, 6.07) is 19.6. The Morgan fingerprint density at radius 3 is 1.17 bits per heavy atom. The molecule has 0 unspecified atom stereocenters. The van der Waals surface area contributed by atoms with E-state index in [1.807, 2.05) is 88.9 Å². The average molecular weight is 519 g/mol. The van der Waals surface area contributed by atoms with Gasteiger partial charge >= 0.3 is 0 Å². The van der Waals surface area contributed by atoms with Crippen LogP contribution in [-0.4, -0.2) is 19.2 Å². The van der Waals surface area contributed by atoms with E-state index in [1.54, 1.807) is 0 Å². The van der Waals surface area contributed by atoms with Crippen molar-refractivity contribution >= 4 is 46.7 Å². The number of rotatable bonds is 4. The molecular formula is C28H34N6S2. The predicted octanol–water partition coefficient (Wildman–Crippen LogP) is 4.18. The molecule has 0 bridgehead atoms. The molecule has 36 heavy (non-hydrogen) atoms. The zero-order valence-corrected chi connectivity index (χ0v) is 23.9. The van der Waals surface area contributed by atoms with E-state index in [9.17, 15) is 0 Å². The molecule has 0 atom stereocenters. The molecule has 0 aliphatic carbocycles. The van der Waals surface area contributed by atoms with E-state index in [1.165, 1.54) is 22.8 Å². The predicted molar refractivity (Wildman–Crippen MR) is 152 cm³/mol. The summed E-state index contributed by atoms with van der Waals surface area (Å²) in [7, 11) is 8.07. The fourth-order valence-electron chi connectivity index (χ4n) is 3.97. The van der Waals surface area contributed by atoms with Gasteiger partial charge in [-0.1, -0.05) is 36.4 Å². The summed E-state index contributed by atoms with van der Waals surface area (Å²) in [6.45, 7) is 8.35. The van der Waals surface area contributed by atoms with Gasteiger partial charge in [-0.2, -0.15) is 0 Å². The van der Waals surface area contributed by atoms with Crippen molar-refractivity contribution in [2.45, 2.75) is 27.7 Å². The van der Waals surface area contributed by atoms with Crippen LogP contribution in [0.1, 0.15) is 34.4 Å². The van der Waals surface area contributed by atoms with Crippen LogP contribution in [0.15, 0.2) is 70.6 Å². The summed E-state index contributed by atoms with van der Waals surface area (Å²) >= 11 is 10.9. The Morgan fingerprint density at radius 2 is 0.917 bits per heavy atom. The van der Waals surface area contributed by atoms with Crippen molar-refractivity contribution in [2.75, 3.05) is 0 Å². The largest absolute Gasteiger partial charge is 0.752 e. The minimum absolute atomic E-state index is 0.613. The smallest absolute Gasteiger partial charge is 0.280 e. The van der Waals surface area contributed by atoms with Gasteiger partial charge in [-0.05, 0) is 24.3 Å². The van der Waals surface area contributed by atoms with Crippen LogP contribution in [0.25, 0.3) is 0 Å². The number of aliphatic imine (C=N–C) groups is 2. The highest BCUT2D eigenvalue weighted by Crippen LogP contribution is 2.14. The van der Waals surface area contributed by atoms with Crippen LogP contribution in [0.5, 0.6) is 0 Å². The fourth-order valence-corrected chi connectivity index (χ4v) is 4.73. The summed E-state index contributed by atoms with van der Waals surface area (Å²) in [4.78, 5) is 8.99. The Kier molecular flexibility index (Phi) is 8.76. The number of nitrogens with zero attached hydrogens (tertiary/aromatic N) is 6. The Bertz CT molecular complexity index is 1250. The van der Waals surface area contributed by atoms with Crippen molar-refractivity contribution in [1.82, 2.24) is 9.13 Å². The molecule has 188 valence electrons. The van der Waals surface area contributed by atoms with Crippen molar-refractivity contribution < 1.29 is 9.13 Å². The van der Waals surface area contributed by atoms with Crippen LogP contribution in [0.2, 0.25) is 0 Å². The summed E-state index contributed by atoms with van der Waals surface area (Å²) in [6.07, 6.45) is 0. The lowest BCUT2D eigenvalue weighted by atomic mass is 10.3. The van der Waals surface area contributed by atoms with Gasteiger partial charge in [0, 0.05) is 37.8 Å². The van der Waals surface area contributed by atoms with Crippen molar-refractivity contribution in [3.8, 4) is 0 Å². The quantitative estimate of drug-likeness (QED) is 0.176. The summed E-state index contributed by atoms with van der Waals surface area (Å²) in [5.41, 5.74) is 6.60. The summed E-state index contributed by atoms with van der Waals surface area (Å²) in [5.74, 6) is 1.92. The molecule has 0 radical (unpaired) electrons. The van der Waals surface area contributed by atoms with E-state index < -0.39 is 0 Å². The standard InChI is InChI=1S/2C14H17N3S/c2*1-10-11(2)17(4)14(16(10)3)13(18)15-12-8-6-5-7-9-12/h2*5-9H,1-4H3. The molecular weight excluding hydrogens is 484 g/mol. The van der Waals surface area contributed by atoms with Crippen molar-refractivity contribution in [2.24, 2.45) is 38.2 Å². The lowest BCUT2D eigenvalue weighted by Gasteiger charge is -2.08. The van der Waals surface area contributed by atoms with Gasteiger partial charge in [0.2, 0.25) is 0 Å². The van der Waals surface area contributed by atoms with Crippen LogP contribution in [0.4, 0.5) is 11.4 Å². The molecule has 4 rings (SSSR count). The van der Waals surface area contributed by atoms with Crippen LogP contribution in [0.3, 0.4) is 0 Å². The second kappa shape index (κ2) is 11.6. The van der Waals surface area contributed by atoms with E-state index in [2.05, 4.69) is 55.9 Å². The van der Waals surface area contributed by atoms with E-state index >= 15 is 0 Å². The van der Waals surface area contributed by atoms with Gasteiger partial charge < -0.3 is 25.3 Å². The molecule has 0 saturated carbocycles. The SMILES string of the molecule is Cc1c(C)[n+](C)c(C([S-])=Nc2ccccc2)n1C.Cc1c(C)[n+](C)c(C([S-])=Nc2ccccc2)n1C. The molecule has 0 saturated heterocycles. The molecule has 6 nitrogen and oxygen atoms in total. The molecule has 0 amide bonds. The topological polar surface area (TPSA) is 42.3 Å². The Hall–Kier alpha value is -3.36. The first kappa shape index (κ1) is 27.2. The van der Waals surface area contributed by atoms with Gasteiger partial charge in [0.1, 0.15) is 22.8 Å². The Balaban J connectivity index is 0.000000201. The van der Waals surface area contributed by atoms with Crippen molar-refractivity contribution in [3.63, 3.8) is 0 Å². The lowest BCUT2D eigenvalue weighted by Crippen LogP contribution is -2.37. The van der Waals surface area contributed by atoms with Gasteiger partial charge in [0.05, 0.1) is 39.6 Å². The van der Waals surface area contributed by atoms with Gasteiger partial charge in [-0.15, -0.1) is 0 Å². The number of hydrogen-bond acceptors (Lipinski definition) is 4. The summed E-state index contributed by atoms with van der Waals surface area (Å²) in [5, 5.41) is 1.23. The molecule has 4 aromatic rings. The monoisotopic (exact) mass is 518 g/mol. The second-order valence-corrected chi connectivity index (χ2v) is 9.50. The molecule has 8 heteroatoms. The highest BCUT2D eigenvalue weighted by Gasteiger charge is 2.20. The molecule has 0 aliphatic rings. The number of aromatic nitrogens is 4. The van der Waals surface area contributed by atoms with Crippen molar-refractivity contribution in [3.05, 3.63) is 95.1 Å². The first-order valence-electron chi connectivity index (χ1n) is 11.7. The number of para-hydroxylation sites is 2. The third kappa shape index (κ3) is 5.71. The zero-order chi connectivity index (χ0) is 26.6. The van der Waals surface area contributed by atoms with Gasteiger partial charge in [-0.3, -0.25) is 9.98 Å². The van der Waals surface area contributed by atoms with Crippen LogP contribution in [0, 0.1) is 27.7 Å². The first-order valence-corrected chi connectivity index (χ1v) is 12.5. The maximum Gasteiger partial charge on any atom is 0.280 e. The van der Waals surface area contributed by atoms with E-state index in [-0.39, 0.29) is 0 Å². The third-order valence-electron chi connectivity index (χ3n) is 6.69.